The van der Waals surface area contributed by atoms with Crippen molar-refractivity contribution in [3.05, 3.63) is 48.5 Å². The van der Waals surface area contributed by atoms with Gasteiger partial charge in [0.25, 0.3) is 0 Å². The van der Waals surface area contributed by atoms with E-state index in [2.05, 4.69) is 45.9 Å². The number of hydrogen-bond acceptors (Lipinski definition) is 4. The van der Waals surface area contributed by atoms with E-state index in [0.29, 0.717) is 26.2 Å². The molecule has 1 N–H and O–H groups in total. The van der Waals surface area contributed by atoms with Gasteiger partial charge in [-0.15, -0.1) is 0 Å². The summed E-state index contributed by atoms with van der Waals surface area (Å²) in [4.78, 5) is 16.0. The quantitative estimate of drug-likeness (QED) is 0.709. The molecular weight excluding hydrogens is 354 g/mol. The van der Waals surface area contributed by atoms with E-state index >= 15 is 0 Å². The normalized spacial score (nSPS) is 16.7. The molecule has 4 rings (SSSR count). The molecule has 148 valence electrons. The molecule has 2 heterocycles. The fourth-order valence-corrected chi connectivity index (χ4v) is 4.16. The second kappa shape index (κ2) is 8.31. The second-order valence-corrected chi connectivity index (χ2v) is 7.41. The summed E-state index contributed by atoms with van der Waals surface area (Å²) in [6, 6.07) is 16.7. The number of hydrogen-bond donors (Lipinski definition) is 1. The highest BCUT2D eigenvalue weighted by atomic mass is 16.5. The number of β-amino-alcohol motifs (C(OH)–C–C–N with tert-alkyl or cyclic N) is 1. The molecule has 0 bridgehead atoms. The van der Waals surface area contributed by atoms with Gasteiger partial charge >= 0.3 is 0 Å². The van der Waals surface area contributed by atoms with Crippen molar-refractivity contribution in [2.75, 3.05) is 46.4 Å². The zero-order chi connectivity index (χ0) is 19.5. The van der Waals surface area contributed by atoms with Crippen LogP contribution in [0.15, 0.2) is 48.5 Å². The molecule has 0 spiro atoms. The molecule has 0 saturated carbocycles. The summed E-state index contributed by atoms with van der Waals surface area (Å²) in [6.07, 6.45) is -0.472. The maximum atomic E-state index is 11.9. The van der Waals surface area contributed by atoms with Crippen molar-refractivity contribution in [1.29, 1.82) is 0 Å². The van der Waals surface area contributed by atoms with Crippen molar-refractivity contribution in [3.8, 4) is 0 Å². The molecule has 28 heavy (non-hydrogen) atoms. The van der Waals surface area contributed by atoms with Gasteiger partial charge in [0.2, 0.25) is 5.91 Å². The van der Waals surface area contributed by atoms with Crippen LogP contribution in [0.25, 0.3) is 21.8 Å². The lowest BCUT2D eigenvalue weighted by Gasteiger charge is -2.35. The highest BCUT2D eigenvalue weighted by molar-refractivity contribution is 6.07. The molecular formula is C22H27N3O3. The fourth-order valence-electron chi connectivity index (χ4n) is 4.16. The van der Waals surface area contributed by atoms with Crippen molar-refractivity contribution in [3.63, 3.8) is 0 Å². The minimum Gasteiger partial charge on any atom is -0.390 e. The smallest absolute Gasteiger partial charge is 0.248 e. The van der Waals surface area contributed by atoms with E-state index in [1.54, 1.807) is 7.11 Å². The van der Waals surface area contributed by atoms with Gasteiger partial charge in [0.15, 0.2) is 0 Å². The molecule has 0 radical (unpaired) electrons. The number of fused-ring (bicyclic) bond motifs is 3. The average molecular weight is 381 g/mol. The lowest BCUT2D eigenvalue weighted by molar-refractivity contribution is -0.137. The van der Waals surface area contributed by atoms with Gasteiger partial charge in [-0.25, -0.2) is 0 Å². The molecule has 1 amide bonds. The van der Waals surface area contributed by atoms with Gasteiger partial charge in [-0.3, -0.25) is 9.69 Å². The Hall–Kier alpha value is -2.41. The maximum absolute atomic E-state index is 11.9. The molecule has 0 unspecified atom stereocenters. The number of carbonyl (C=O) groups is 1. The van der Waals surface area contributed by atoms with Crippen LogP contribution >= 0.6 is 0 Å². The van der Waals surface area contributed by atoms with E-state index in [9.17, 15) is 9.90 Å². The number of methoxy groups -OCH3 is 1. The zero-order valence-electron chi connectivity index (χ0n) is 16.3. The summed E-state index contributed by atoms with van der Waals surface area (Å²) in [7, 11) is 1.54. The SMILES string of the molecule is COCC(=O)N1CCN(C[C@H](O)Cn2c3ccccc3c3ccccc32)CC1. The van der Waals surface area contributed by atoms with Crippen LogP contribution in [0.4, 0.5) is 0 Å². The minimum atomic E-state index is -0.472. The van der Waals surface area contributed by atoms with E-state index in [1.807, 2.05) is 17.0 Å². The third kappa shape index (κ3) is 3.76. The highest BCUT2D eigenvalue weighted by Crippen LogP contribution is 2.28. The summed E-state index contributed by atoms with van der Waals surface area (Å²) in [5, 5.41) is 13.2. The van der Waals surface area contributed by atoms with Crippen LogP contribution in [0, 0.1) is 0 Å². The van der Waals surface area contributed by atoms with E-state index in [0.717, 1.165) is 24.1 Å². The molecule has 1 aliphatic rings. The Balaban J connectivity index is 1.43. The average Bonchev–Trinajstić information content (AvgIpc) is 3.03. The van der Waals surface area contributed by atoms with Crippen LogP contribution in [-0.4, -0.2) is 77.9 Å². The molecule has 6 nitrogen and oxygen atoms in total. The van der Waals surface area contributed by atoms with Gasteiger partial charge in [-0.1, -0.05) is 36.4 Å². The molecule has 2 aromatic carbocycles. The zero-order valence-corrected chi connectivity index (χ0v) is 16.3. The Kier molecular flexibility index (Phi) is 5.62. The Morgan fingerprint density at radius 3 is 2.11 bits per heavy atom. The van der Waals surface area contributed by atoms with Crippen LogP contribution in [0.3, 0.4) is 0 Å². The summed E-state index contributed by atoms with van der Waals surface area (Å²) in [5.74, 6) is 0.0352. The number of rotatable bonds is 6. The first-order valence-electron chi connectivity index (χ1n) is 9.80. The molecule has 6 heteroatoms. The lowest BCUT2D eigenvalue weighted by Crippen LogP contribution is -2.51. The largest absolute Gasteiger partial charge is 0.390 e. The maximum Gasteiger partial charge on any atom is 0.248 e. The number of piperazine rings is 1. The first-order valence-corrected chi connectivity index (χ1v) is 9.80. The number of para-hydroxylation sites is 2. The van der Waals surface area contributed by atoms with E-state index in [-0.39, 0.29) is 12.5 Å². The number of benzene rings is 2. The van der Waals surface area contributed by atoms with Crippen molar-refractivity contribution in [2.24, 2.45) is 0 Å². The van der Waals surface area contributed by atoms with E-state index in [4.69, 9.17) is 4.74 Å². The third-order valence-electron chi connectivity index (χ3n) is 5.53. The minimum absolute atomic E-state index is 0.0352. The molecule has 3 aromatic rings. The number of aromatic nitrogens is 1. The summed E-state index contributed by atoms with van der Waals surface area (Å²) >= 11 is 0. The van der Waals surface area contributed by atoms with Gasteiger partial charge in [-0.2, -0.15) is 0 Å². The number of nitrogens with zero attached hydrogens (tertiary/aromatic N) is 3. The van der Waals surface area contributed by atoms with Crippen LogP contribution in [0.2, 0.25) is 0 Å². The van der Waals surface area contributed by atoms with Crippen LogP contribution in [0.1, 0.15) is 0 Å². The molecule has 1 atom stereocenters. The molecule has 1 fully saturated rings. The third-order valence-corrected chi connectivity index (χ3v) is 5.53. The number of carbonyl (C=O) groups excluding carboxylic acids is 1. The monoisotopic (exact) mass is 381 g/mol. The molecule has 1 aliphatic heterocycles. The van der Waals surface area contributed by atoms with E-state index < -0.39 is 6.10 Å². The predicted molar refractivity (Wildman–Crippen MR) is 110 cm³/mol. The second-order valence-electron chi connectivity index (χ2n) is 7.41. The van der Waals surface area contributed by atoms with Gasteiger partial charge in [0.05, 0.1) is 12.6 Å². The molecule has 0 aliphatic carbocycles. The van der Waals surface area contributed by atoms with Gasteiger partial charge in [-0.05, 0) is 12.1 Å². The van der Waals surface area contributed by atoms with E-state index in [1.165, 1.54) is 10.8 Å². The van der Waals surface area contributed by atoms with Crippen LogP contribution < -0.4 is 0 Å². The predicted octanol–water partition coefficient (Wildman–Crippen LogP) is 1.95. The van der Waals surface area contributed by atoms with Gasteiger partial charge < -0.3 is 19.3 Å². The fraction of sp³-hybridized carbons (Fsp3) is 0.409. The van der Waals surface area contributed by atoms with Crippen LogP contribution in [0.5, 0.6) is 0 Å². The first kappa shape index (κ1) is 18.9. The number of aliphatic hydroxyl groups excluding tert-OH is 1. The first-order chi connectivity index (χ1) is 13.7. The Morgan fingerprint density at radius 1 is 0.964 bits per heavy atom. The molecule has 1 saturated heterocycles. The summed E-state index contributed by atoms with van der Waals surface area (Å²) in [5.41, 5.74) is 2.30. The van der Waals surface area contributed by atoms with Crippen molar-refractivity contribution < 1.29 is 14.6 Å². The van der Waals surface area contributed by atoms with Crippen molar-refractivity contribution >= 4 is 27.7 Å². The number of aliphatic hydroxyl groups is 1. The lowest BCUT2D eigenvalue weighted by atomic mass is 10.2. The molecule has 1 aromatic heterocycles. The summed E-state index contributed by atoms with van der Waals surface area (Å²) in [6.45, 7) is 4.22. The number of ether oxygens (including phenoxy) is 1. The highest BCUT2D eigenvalue weighted by Gasteiger charge is 2.23. The van der Waals surface area contributed by atoms with Crippen molar-refractivity contribution in [2.45, 2.75) is 12.6 Å². The summed E-state index contributed by atoms with van der Waals surface area (Å²) < 4.78 is 7.15. The number of amides is 1. The Bertz CT molecular complexity index is 907. The standard InChI is InChI=1S/C22H27N3O3/c1-28-16-22(27)24-12-10-23(11-13-24)14-17(26)15-25-20-8-4-2-6-18(20)19-7-3-5-9-21(19)25/h2-9,17,26H,10-16H2,1H3/t17-/m0/s1. The van der Waals surface area contributed by atoms with Gasteiger partial charge in [0, 0.05) is 61.6 Å². The van der Waals surface area contributed by atoms with Crippen molar-refractivity contribution in [1.82, 2.24) is 14.4 Å². The topological polar surface area (TPSA) is 57.9 Å². The van der Waals surface area contributed by atoms with Gasteiger partial charge in [0.1, 0.15) is 6.61 Å². The Labute approximate surface area is 164 Å². The Morgan fingerprint density at radius 2 is 1.54 bits per heavy atom. The van der Waals surface area contributed by atoms with Crippen LogP contribution in [-0.2, 0) is 16.1 Å².